The number of nitrogens with zero attached hydrogens (tertiary/aromatic N) is 2. The molecule has 6 heteroatoms. The molecule has 0 radical (unpaired) electrons. The molecule has 0 aliphatic carbocycles. The third kappa shape index (κ3) is 4.03. The van der Waals surface area contributed by atoms with E-state index in [4.69, 9.17) is 0 Å². The van der Waals surface area contributed by atoms with E-state index in [-0.39, 0.29) is 0 Å². The van der Waals surface area contributed by atoms with Crippen LogP contribution < -0.4 is 5.32 Å². The van der Waals surface area contributed by atoms with Gasteiger partial charge in [0.2, 0.25) is 0 Å². The summed E-state index contributed by atoms with van der Waals surface area (Å²) < 4.78 is 37.2. The standard InChI is InChI=1S/C14H14F3N3/c1-10-6-20-13(9-19-10)8-18-7-11-2-4-12(5-3-11)14(15,16)17/h2-6,9,18H,7-8H2,1H3. The van der Waals surface area contributed by atoms with E-state index in [9.17, 15) is 13.2 Å². The molecule has 0 saturated heterocycles. The van der Waals surface area contributed by atoms with Crippen molar-refractivity contribution < 1.29 is 13.2 Å². The number of alkyl halides is 3. The van der Waals surface area contributed by atoms with Gasteiger partial charge in [-0.1, -0.05) is 12.1 Å². The molecule has 1 aromatic heterocycles. The van der Waals surface area contributed by atoms with E-state index in [2.05, 4.69) is 15.3 Å². The van der Waals surface area contributed by atoms with Gasteiger partial charge in [-0.3, -0.25) is 9.97 Å². The molecule has 20 heavy (non-hydrogen) atoms. The first kappa shape index (κ1) is 14.5. The van der Waals surface area contributed by atoms with E-state index in [1.54, 1.807) is 12.4 Å². The van der Waals surface area contributed by atoms with Gasteiger partial charge in [-0.25, -0.2) is 0 Å². The first-order valence-electron chi connectivity index (χ1n) is 6.09. The Hall–Kier alpha value is -1.95. The molecule has 2 rings (SSSR count). The molecule has 0 saturated carbocycles. The summed E-state index contributed by atoms with van der Waals surface area (Å²) in [6, 6.07) is 5.11. The van der Waals surface area contributed by atoms with Crippen LogP contribution in [0.2, 0.25) is 0 Å². The molecule has 1 aromatic carbocycles. The summed E-state index contributed by atoms with van der Waals surface area (Å²) in [6.45, 7) is 2.86. The molecule has 0 aliphatic heterocycles. The molecule has 0 bridgehead atoms. The predicted molar refractivity (Wildman–Crippen MR) is 68.8 cm³/mol. The van der Waals surface area contributed by atoms with Gasteiger partial charge in [0.05, 0.1) is 17.0 Å². The fourth-order valence-electron chi connectivity index (χ4n) is 1.66. The predicted octanol–water partition coefficient (Wildman–Crippen LogP) is 3.09. The maximum absolute atomic E-state index is 12.4. The zero-order valence-corrected chi connectivity index (χ0v) is 10.9. The second-order valence-corrected chi connectivity index (χ2v) is 4.45. The van der Waals surface area contributed by atoms with Gasteiger partial charge in [-0.05, 0) is 24.6 Å². The van der Waals surface area contributed by atoms with Gasteiger partial charge in [-0.15, -0.1) is 0 Å². The van der Waals surface area contributed by atoms with Gasteiger partial charge >= 0.3 is 6.18 Å². The Bertz CT molecular complexity index is 547. The Morgan fingerprint density at radius 3 is 2.25 bits per heavy atom. The molecule has 2 aromatic rings. The number of hydrogen-bond donors (Lipinski definition) is 1. The Morgan fingerprint density at radius 2 is 1.70 bits per heavy atom. The van der Waals surface area contributed by atoms with Crippen molar-refractivity contribution >= 4 is 0 Å². The van der Waals surface area contributed by atoms with Crippen molar-refractivity contribution in [3.8, 4) is 0 Å². The van der Waals surface area contributed by atoms with Gasteiger partial charge in [0.25, 0.3) is 0 Å². The topological polar surface area (TPSA) is 37.8 Å². The fourth-order valence-corrected chi connectivity index (χ4v) is 1.66. The van der Waals surface area contributed by atoms with Crippen LogP contribution in [0.4, 0.5) is 13.2 Å². The number of benzene rings is 1. The second kappa shape index (κ2) is 6.00. The van der Waals surface area contributed by atoms with Crippen molar-refractivity contribution in [3.05, 3.63) is 59.2 Å². The smallest absolute Gasteiger partial charge is 0.307 e. The van der Waals surface area contributed by atoms with Crippen molar-refractivity contribution in [1.82, 2.24) is 15.3 Å². The maximum Gasteiger partial charge on any atom is 0.416 e. The number of rotatable bonds is 4. The summed E-state index contributed by atoms with van der Waals surface area (Å²) in [5.41, 5.74) is 1.79. The number of halogens is 3. The zero-order valence-electron chi connectivity index (χ0n) is 10.9. The van der Waals surface area contributed by atoms with Crippen molar-refractivity contribution in [2.75, 3.05) is 0 Å². The number of aryl methyl sites for hydroxylation is 1. The highest BCUT2D eigenvalue weighted by Crippen LogP contribution is 2.28. The van der Waals surface area contributed by atoms with Gasteiger partial charge in [0.15, 0.2) is 0 Å². The van der Waals surface area contributed by atoms with E-state index >= 15 is 0 Å². The largest absolute Gasteiger partial charge is 0.416 e. The number of aromatic nitrogens is 2. The minimum atomic E-state index is -4.29. The third-order valence-corrected chi connectivity index (χ3v) is 2.75. The molecule has 0 fully saturated rings. The Labute approximate surface area is 114 Å². The molecule has 0 spiro atoms. The highest BCUT2D eigenvalue weighted by molar-refractivity contribution is 5.24. The first-order valence-corrected chi connectivity index (χ1v) is 6.09. The van der Waals surface area contributed by atoms with Gasteiger partial charge in [-0.2, -0.15) is 13.2 Å². The monoisotopic (exact) mass is 281 g/mol. The lowest BCUT2D eigenvalue weighted by Crippen LogP contribution is -2.14. The lowest BCUT2D eigenvalue weighted by molar-refractivity contribution is -0.137. The Morgan fingerprint density at radius 1 is 1.00 bits per heavy atom. The van der Waals surface area contributed by atoms with Crippen LogP contribution in [0.25, 0.3) is 0 Å². The Kier molecular flexibility index (Phi) is 4.34. The quantitative estimate of drug-likeness (QED) is 0.935. The third-order valence-electron chi connectivity index (χ3n) is 2.75. The van der Waals surface area contributed by atoms with Crippen LogP contribution in [0, 0.1) is 6.92 Å². The molecular formula is C14H14F3N3. The van der Waals surface area contributed by atoms with Crippen LogP contribution in [0.1, 0.15) is 22.5 Å². The molecule has 0 amide bonds. The van der Waals surface area contributed by atoms with Crippen LogP contribution in [0.3, 0.4) is 0 Å². The minimum absolute atomic E-state index is 0.480. The zero-order chi connectivity index (χ0) is 14.6. The highest BCUT2D eigenvalue weighted by Gasteiger charge is 2.29. The molecule has 3 nitrogen and oxygen atoms in total. The SMILES string of the molecule is Cc1cnc(CNCc2ccc(C(F)(F)F)cc2)cn1. The van der Waals surface area contributed by atoms with Crippen LogP contribution in [-0.4, -0.2) is 9.97 Å². The van der Waals surface area contributed by atoms with E-state index in [1.165, 1.54) is 12.1 Å². The average Bonchev–Trinajstić information content (AvgIpc) is 2.41. The lowest BCUT2D eigenvalue weighted by atomic mass is 10.1. The molecule has 0 atom stereocenters. The van der Waals surface area contributed by atoms with Crippen LogP contribution in [-0.2, 0) is 19.3 Å². The molecule has 1 heterocycles. The summed E-state index contributed by atoms with van der Waals surface area (Å²) in [5.74, 6) is 0. The normalized spacial score (nSPS) is 11.6. The molecule has 1 N–H and O–H groups in total. The van der Waals surface area contributed by atoms with E-state index < -0.39 is 11.7 Å². The summed E-state index contributed by atoms with van der Waals surface area (Å²) in [4.78, 5) is 8.30. The average molecular weight is 281 g/mol. The highest BCUT2D eigenvalue weighted by atomic mass is 19.4. The van der Waals surface area contributed by atoms with E-state index in [0.29, 0.717) is 13.1 Å². The van der Waals surface area contributed by atoms with E-state index in [1.807, 2.05) is 6.92 Å². The van der Waals surface area contributed by atoms with Gasteiger partial charge in [0.1, 0.15) is 0 Å². The van der Waals surface area contributed by atoms with Crippen LogP contribution in [0.15, 0.2) is 36.7 Å². The molecule has 0 aliphatic rings. The van der Waals surface area contributed by atoms with Gasteiger partial charge < -0.3 is 5.32 Å². The lowest BCUT2D eigenvalue weighted by Gasteiger charge is -2.08. The maximum atomic E-state index is 12.4. The van der Waals surface area contributed by atoms with Crippen molar-refractivity contribution in [2.45, 2.75) is 26.2 Å². The van der Waals surface area contributed by atoms with Crippen molar-refractivity contribution in [1.29, 1.82) is 0 Å². The summed E-state index contributed by atoms with van der Waals surface area (Å²) >= 11 is 0. The number of nitrogens with one attached hydrogen (secondary N) is 1. The van der Waals surface area contributed by atoms with Crippen LogP contribution >= 0.6 is 0 Å². The fraction of sp³-hybridized carbons (Fsp3) is 0.286. The summed E-state index contributed by atoms with van der Waals surface area (Å²) in [6.07, 6.45) is -0.937. The van der Waals surface area contributed by atoms with Crippen molar-refractivity contribution in [2.24, 2.45) is 0 Å². The number of hydrogen-bond acceptors (Lipinski definition) is 3. The van der Waals surface area contributed by atoms with E-state index in [0.717, 1.165) is 29.1 Å². The molecule has 0 unspecified atom stereocenters. The first-order chi connectivity index (χ1) is 9.45. The molecule has 106 valence electrons. The van der Waals surface area contributed by atoms with Gasteiger partial charge in [0, 0.05) is 25.5 Å². The summed E-state index contributed by atoms with van der Waals surface area (Å²) in [5, 5.41) is 3.11. The Balaban J connectivity index is 1.87. The van der Waals surface area contributed by atoms with Crippen molar-refractivity contribution in [3.63, 3.8) is 0 Å². The second-order valence-electron chi connectivity index (χ2n) is 4.45. The minimum Gasteiger partial charge on any atom is -0.307 e. The summed E-state index contributed by atoms with van der Waals surface area (Å²) in [7, 11) is 0. The molecular weight excluding hydrogens is 267 g/mol. The van der Waals surface area contributed by atoms with Crippen LogP contribution in [0.5, 0.6) is 0 Å².